The molecule has 0 aromatic carbocycles. The number of aliphatic hydroxyl groups is 1. The molecule has 0 radical (unpaired) electrons. The van der Waals surface area contributed by atoms with Gasteiger partial charge in [-0.3, -0.25) is 13.8 Å². The van der Waals surface area contributed by atoms with Gasteiger partial charge in [0, 0.05) is 13.0 Å². The average molecular weight is 715 g/mol. The Labute approximate surface area is 302 Å². The molecule has 290 valence electrons. The van der Waals surface area contributed by atoms with Crippen molar-refractivity contribution in [2.45, 2.75) is 206 Å². The number of amides is 1. The van der Waals surface area contributed by atoms with Gasteiger partial charge in [0.05, 0.1) is 25.4 Å². The molecule has 49 heavy (non-hydrogen) atoms. The van der Waals surface area contributed by atoms with Crippen molar-refractivity contribution in [2.75, 3.05) is 19.8 Å². The maximum Gasteiger partial charge on any atom is 0.472 e. The van der Waals surface area contributed by atoms with E-state index in [1.54, 1.807) is 0 Å². The van der Waals surface area contributed by atoms with E-state index in [1.165, 1.54) is 116 Å². The third-order valence-corrected chi connectivity index (χ3v) is 10.0. The Hall–Kier alpha value is -1.02. The Bertz CT molecular complexity index is 825. The first kappa shape index (κ1) is 48.0. The van der Waals surface area contributed by atoms with Crippen LogP contribution in [0, 0.1) is 0 Å². The smallest absolute Gasteiger partial charge is 0.391 e. The molecular weight excluding hydrogens is 635 g/mol. The van der Waals surface area contributed by atoms with Crippen molar-refractivity contribution >= 4 is 13.7 Å². The van der Waals surface area contributed by atoms with Gasteiger partial charge in [-0.05, 0) is 44.9 Å². The number of allylic oxidation sites excluding steroid dienone is 4. The topological polar surface area (TPSA) is 131 Å². The number of hydrogen-bond donors (Lipinski definition) is 4. The van der Waals surface area contributed by atoms with Crippen molar-refractivity contribution in [3.05, 3.63) is 24.3 Å². The lowest BCUT2D eigenvalue weighted by molar-refractivity contribution is -0.123. The first-order valence-electron chi connectivity index (χ1n) is 20.5. The zero-order chi connectivity index (χ0) is 36.1. The Kier molecular flexibility index (Phi) is 36.0. The van der Waals surface area contributed by atoms with Gasteiger partial charge in [-0.25, -0.2) is 4.57 Å². The molecule has 0 saturated heterocycles. The second kappa shape index (κ2) is 36.8. The van der Waals surface area contributed by atoms with E-state index in [-0.39, 0.29) is 25.7 Å². The molecule has 0 bridgehead atoms. The standard InChI is InChI=1S/C40H79N2O6P/c1-3-5-7-9-11-13-15-17-18-19-20-21-22-24-26-28-30-32-34-40(44)42-38(37-48-49(45,46)47-36-35-41)39(43)33-31-29-27-25-23-16-14-12-10-8-6-4-2/h13,15,18-19,38-39,43H,3-12,14,16-17,20-37,41H2,1-2H3,(H,42,44)(H,45,46)/b15-13-,19-18-. The summed E-state index contributed by atoms with van der Waals surface area (Å²) in [4.78, 5) is 22.7. The molecule has 0 aliphatic heterocycles. The molecule has 9 heteroatoms. The molecule has 3 unspecified atom stereocenters. The highest BCUT2D eigenvalue weighted by Crippen LogP contribution is 2.43. The van der Waals surface area contributed by atoms with E-state index in [9.17, 15) is 19.4 Å². The Morgan fingerprint density at radius 1 is 0.673 bits per heavy atom. The molecule has 0 aliphatic rings. The fourth-order valence-corrected chi connectivity index (χ4v) is 6.69. The van der Waals surface area contributed by atoms with Gasteiger partial charge in [-0.2, -0.15) is 0 Å². The highest BCUT2D eigenvalue weighted by atomic mass is 31.2. The Morgan fingerprint density at radius 3 is 1.63 bits per heavy atom. The third kappa shape index (κ3) is 35.2. The van der Waals surface area contributed by atoms with Crippen LogP contribution in [0.1, 0.15) is 194 Å². The molecule has 0 aromatic rings. The fourth-order valence-electron chi connectivity index (χ4n) is 5.93. The molecule has 0 aromatic heterocycles. The van der Waals surface area contributed by atoms with Crippen molar-refractivity contribution in [3.63, 3.8) is 0 Å². The minimum atomic E-state index is -4.31. The lowest BCUT2D eigenvalue weighted by Gasteiger charge is -2.25. The normalized spacial score (nSPS) is 14.5. The first-order valence-corrected chi connectivity index (χ1v) is 21.9. The molecular formula is C40H79N2O6P. The van der Waals surface area contributed by atoms with Gasteiger partial charge in [-0.15, -0.1) is 0 Å². The summed E-state index contributed by atoms with van der Waals surface area (Å²) in [5.41, 5.74) is 5.37. The van der Waals surface area contributed by atoms with Gasteiger partial charge in [0.25, 0.3) is 0 Å². The number of carbonyl (C=O) groups excluding carboxylic acids is 1. The van der Waals surface area contributed by atoms with E-state index in [0.717, 1.165) is 51.4 Å². The molecule has 0 spiro atoms. The summed E-state index contributed by atoms with van der Waals surface area (Å²) in [5.74, 6) is -0.170. The molecule has 0 fully saturated rings. The third-order valence-electron chi connectivity index (χ3n) is 9.06. The van der Waals surface area contributed by atoms with Crippen LogP contribution in [0.3, 0.4) is 0 Å². The van der Waals surface area contributed by atoms with Crippen LogP contribution in [0.15, 0.2) is 24.3 Å². The first-order chi connectivity index (χ1) is 23.9. The largest absolute Gasteiger partial charge is 0.472 e. The molecule has 0 saturated carbocycles. The molecule has 0 aliphatic carbocycles. The zero-order valence-electron chi connectivity index (χ0n) is 31.9. The quantitative estimate of drug-likeness (QED) is 0.0284. The number of hydrogen-bond acceptors (Lipinski definition) is 6. The lowest BCUT2D eigenvalue weighted by atomic mass is 10.0. The van der Waals surface area contributed by atoms with Gasteiger partial charge < -0.3 is 21.1 Å². The summed E-state index contributed by atoms with van der Waals surface area (Å²) in [6, 6.07) is -0.775. The summed E-state index contributed by atoms with van der Waals surface area (Å²) in [6.45, 7) is 4.18. The number of rotatable bonds is 38. The van der Waals surface area contributed by atoms with Crippen molar-refractivity contribution in [2.24, 2.45) is 5.73 Å². The number of nitrogens with one attached hydrogen (secondary N) is 1. The summed E-state index contributed by atoms with van der Waals surface area (Å²) >= 11 is 0. The summed E-state index contributed by atoms with van der Waals surface area (Å²) < 4.78 is 22.1. The number of aliphatic hydroxyl groups excluding tert-OH is 1. The minimum absolute atomic E-state index is 0.0877. The second-order valence-corrected chi connectivity index (χ2v) is 15.3. The number of nitrogens with two attached hydrogens (primary N) is 1. The van der Waals surface area contributed by atoms with Gasteiger partial charge in [0.2, 0.25) is 5.91 Å². The predicted octanol–water partition coefficient (Wildman–Crippen LogP) is 11.0. The predicted molar refractivity (Wildman–Crippen MR) is 208 cm³/mol. The summed E-state index contributed by atoms with van der Waals surface area (Å²) in [5, 5.41) is 13.7. The molecule has 3 atom stereocenters. The van der Waals surface area contributed by atoms with E-state index in [1.807, 2.05) is 0 Å². The van der Waals surface area contributed by atoms with Gasteiger partial charge in [-0.1, -0.05) is 167 Å². The molecule has 5 N–H and O–H groups in total. The van der Waals surface area contributed by atoms with Crippen LogP contribution in [-0.2, 0) is 18.4 Å². The minimum Gasteiger partial charge on any atom is -0.391 e. The van der Waals surface area contributed by atoms with Crippen LogP contribution in [0.5, 0.6) is 0 Å². The maximum absolute atomic E-state index is 12.7. The molecule has 0 heterocycles. The van der Waals surface area contributed by atoms with Crippen LogP contribution in [-0.4, -0.2) is 47.8 Å². The van der Waals surface area contributed by atoms with Crippen LogP contribution < -0.4 is 11.1 Å². The lowest BCUT2D eigenvalue weighted by Crippen LogP contribution is -2.46. The highest BCUT2D eigenvalue weighted by molar-refractivity contribution is 7.47. The van der Waals surface area contributed by atoms with E-state index in [4.69, 9.17) is 14.8 Å². The van der Waals surface area contributed by atoms with Crippen LogP contribution in [0.2, 0.25) is 0 Å². The van der Waals surface area contributed by atoms with E-state index >= 15 is 0 Å². The monoisotopic (exact) mass is 715 g/mol. The molecule has 0 rings (SSSR count). The van der Waals surface area contributed by atoms with Crippen LogP contribution >= 0.6 is 7.82 Å². The number of phosphoric acid groups is 1. The maximum atomic E-state index is 12.7. The van der Waals surface area contributed by atoms with Crippen molar-refractivity contribution in [1.82, 2.24) is 5.32 Å². The molecule has 1 amide bonds. The number of unbranched alkanes of at least 4 members (excludes halogenated alkanes) is 22. The highest BCUT2D eigenvalue weighted by Gasteiger charge is 2.27. The van der Waals surface area contributed by atoms with E-state index < -0.39 is 20.0 Å². The van der Waals surface area contributed by atoms with Gasteiger partial charge >= 0.3 is 7.82 Å². The Morgan fingerprint density at radius 2 is 1.12 bits per heavy atom. The molecule has 8 nitrogen and oxygen atoms in total. The average Bonchev–Trinajstić information content (AvgIpc) is 3.09. The fraction of sp³-hybridized carbons (Fsp3) is 0.875. The zero-order valence-corrected chi connectivity index (χ0v) is 32.8. The Balaban J connectivity index is 4.19. The SMILES string of the molecule is CCCCCC/C=C\C/C=C\CCCCCCCCCC(=O)NC(COP(=O)(O)OCCN)C(O)CCCCCCCCCCCCCC. The summed E-state index contributed by atoms with van der Waals surface area (Å²) in [6.07, 6.45) is 40.3. The van der Waals surface area contributed by atoms with Crippen LogP contribution in [0.4, 0.5) is 0 Å². The van der Waals surface area contributed by atoms with E-state index in [0.29, 0.717) is 12.8 Å². The second-order valence-electron chi connectivity index (χ2n) is 13.8. The van der Waals surface area contributed by atoms with E-state index in [2.05, 4.69) is 43.5 Å². The van der Waals surface area contributed by atoms with Crippen molar-refractivity contribution < 1.29 is 28.4 Å². The number of carbonyl (C=O) groups is 1. The number of phosphoric ester groups is 1. The van der Waals surface area contributed by atoms with Crippen molar-refractivity contribution in [1.29, 1.82) is 0 Å². The van der Waals surface area contributed by atoms with Gasteiger partial charge in [0.1, 0.15) is 0 Å². The van der Waals surface area contributed by atoms with Crippen LogP contribution in [0.25, 0.3) is 0 Å². The van der Waals surface area contributed by atoms with Crippen molar-refractivity contribution in [3.8, 4) is 0 Å². The van der Waals surface area contributed by atoms with Gasteiger partial charge in [0.15, 0.2) is 0 Å². The summed E-state index contributed by atoms with van der Waals surface area (Å²) in [7, 11) is -4.31.